The molecule has 126 valence electrons. The second kappa shape index (κ2) is 7.55. The third-order valence-corrected chi connectivity index (χ3v) is 4.62. The zero-order valence-electron chi connectivity index (χ0n) is 14.1. The Labute approximate surface area is 145 Å². The molecule has 0 fully saturated rings. The number of thiazole rings is 1. The van der Waals surface area contributed by atoms with Crippen LogP contribution in [0.15, 0.2) is 36.2 Å². The molecule has 24 heavy (non-hydrogen) atoms. The Kier molecular flexibility index (Phi) is 5.22. The van der Waals surface area contributed by atoms with Crippen molar-refractivity contribution in [2.45, 2.75) is 26.6 Å². The van der Waals surface area contributed by atoms with Crippen molar-refractivity contribution in [3.8, 4) is 5.75 Å². The number of aryl methyl sites for hydroxylation is 1. The number of hydrogen-bond donors (Lipinski definition) is 0. The SMILES string of the molecule is COc1ccc(CN(C)Cc2nc(C)cs2)cc1Cn1cncn1. The van der Waals surface area contributed by atoms with Gasteiger partial charge in [-0.2, -0.15) is 5.10 Å². The van der Waals surface area contributed by atoms with Crippen LogP contribution in [0.5, 0.6) is 5.75 Å². The highest BCUT2D eigenvalue weighted by molar-refractivity contribution is 7.09. The van der Waals surface area contributed by atoms with Crippen LogP contribution in [0.3, 0.4) is 0 Å². The van der Waals surface area contributed by atoms with E-state index < -0.39 is 0 Å². The van der Waals surface area contributed by atoms with E-state index in [1.807, 2.05) is 13.0 Å². The van der Waals surface area contributed by atoms with Gasteiger partial charge in [-0.3, -0.25) is 4.90 Å². The molecule has 2 aromatic heterocycles. The number of nitrogens with zero attached hydrogens (tertiary/aromatic N) is 5. The number of benzene rings is 1. The molecule has 0 spiro atoms. The van der Waals surface area contributed by atoms with Crippen LogP contribution in [-0.4, -0.2) is 38.8 Å². The molecule has 3 aromatic rings. The predicted octanol–water partition coefficient (Wildman–Crippen LogP) is 2.73. The van der Waals surface area contributed by atoms with Crippen molar-refractivity contribution in [3.63, 3.8) is 0 Å². The Balaban J connectivity index is 1.70. The first-order chi connectivity index (χ1) is 11.6. The second-order valence-electron chi connectivity index (χ2n) is 5.79. The third kappa shape index (κ3) is 4.18. The molecule has 0 unspecified atom stereocenters. The van der Waals surface area contributed by atoms with E-state index in [9.17, 15) is 0 Å². The van der Waals surface area contributed by atoms with E-state index in [-0.39, 0.29) is 0 Å². The van der Waals surface area contributed by atoms with Crippen LogP contribution in [0.25, 0.3) is 0 Å². The number of methoxy groups -OCH3 is 1. The summed E-state index contributed by atoms with van der Waals surface area (Å²) >= 11 is 1.71. The van der Waals surface area contributed by atoms with Gasteiger partial charge in [-0.05, 0) is 31.7 Å². The van der Waals surface area contributed by atoms with Crippen LogP contribution in [0.1, 0.15) is 21.8 Å². The second-order valence-corrected chi connectivity index (χ2v) is 6.74. The van der Waals surface area contributed by atoms with E-state index in [4.69, 9.17) is 4.74 Å². The van der Waals surface area contributed by atoms with Crippen LogP contribution < -0.4 is 4.74 Å². The maximum atomic E-state index is 5.47. The van der Waals surface area contributed by atoms with Gasteiger partial charge in [0.15, 0.2) is 0 Å². The Morgan fingerprint density at radius 2 is 2.17 bits per heavy atom. The van der Waals surface area contributed by atoms with Gasteiger partial charge >= 0.3 is 0 Å². The van der Waals surface area contributed by atoms with Crippen molar-refractivity contribution >= 4 is 11.3 Å². The van der Waals surface area contributed by atoms with E-state index in [0.29, 0.717) is 6.54 Å². The lowest BCUT2D eigenvalue weighted by Gasteiger charge is -2.17. The van der Waals surface area contributed by atoms with Gasteiger partial charge in [0.25, 0.3) is 0 Å². The van der Waals surface area contributed by atoms with Gasteiger partial charge in [0.2, 0.25) is 0 Å². The molecule has 0 aliphatic carbocycles. The summed E-state index contributed by atoms with van der Waals surface area (Å²) < 4.78 is 7.26. The minimum absolute atomic E-state index is 0.645. The summed E-state index contributed by atoms with van der Waals surface area (Å²) in [7, 11) is 3.80. The molecule has 3 rings (SSSR count). The summed E-state index contributed by atoms with van der Waals surface area (Å²) in [6.07, 6.45) is 3.25. The average molecular weight is 343 g/mol. The first-order valence-corrected chi connectivity index (χ1v) is 8.60. The molecular weight excluding hydrogens is 322 g/mol. The first kappa shape index (κ1) is 16.6. The van der Waals surface area contributed by atoms with Gasteiger partial charge in [-0.25, -0.2) is 14.6 Å². The summed E-state index contributed by atoms with van der Waals surface area (Å²) in [4.78, 5) is 10.8. The van der Waals surface area contributed by atoms with Crippen LogP contribution in [0.2, 0.25) is 0 Å². The number of ether oxygens (including phenoxy) is 1. The molecule has 0 amide bonds. The summed E-state index contributed by atoms with van der Waals surface area (Å²) in [5, 5.41) is 7.40. The molecule has 0 N–H and O–H groups in total. The van der Waals surface area contributed by atoms with E-state index in [2.05, 4.69) is 44.5 Å². The minimum Gasteiger partial charge on any atom is -0.496 e. The van der Waals surface area contributed by atoms with Gasteiger partial charge < -0.3 is 4.74 Å². The summed E-state index contributed by atoms with van der Waals surface area (Å²) in [5.74, 6) is 0.868. The Morgan fingerprint density at radius 3 is 2.83 bits per heavy atom. The normalized spacial score (nSPS) is 11.2. The van der Waals surface area contributed by atoms with Crippen LogP contribution in [-0.2, 0) is 19.6 Å². The Hall–Kier alpha value is -2.25. The lowest BCUT2D eigenvalue weighted by atomic mass is 10.1. The van der Waals surface area contributed by atoms with Crippen molar-refractivity contribution in [2.75, 3.05) is 14.2 Å². The van der Waals surface area contributed by atoms with Gasteiger partial charge in [-0.1, -0.05) is 6.07 Å². The highest BCUT2D eigenvalue weighted by Crippen LogP contribution is 2.22. The average Bonchev–Trinajstić information content (AvgIpc) is 3.19. The van der Waals surface area contributed by atoms with Crippen molar-refractivity contribution in [1.29, 1.82) is 0 Å². The maximum Gasteiger partial charge on any atom is 0.137 e. The fourth-order valence-electron chi connectivity index (χ4n) is 2.62. The van der Waals surface area contributed by atoms with Crippen molar-refractivity contribution < 1.29 is 4.74 Å². The van der Waals surface area contributed by atoms with E-state index in [1.54, 1.807) is 35.8 Å². The van der Waals surface area contributed by atoms with Crippen LogP contribution >= 0.6 is 11.3 Å². The number of hydrogen-bond acceptors (Lipinski definition) is 6. The molecule has 0 saturated carbocycles. The number of rotatable bonds is 7. The van der Waals surface area contributed by atoms with Crippen LogP contribution in [0.4, 0.5) is 0 Å². The standard InChI is InChI=1S/C17H21N5OS/c1-13-10-24-17(20-13)9-21(2)7-14-4-5-16(23-3)15(6-14)8-22-12-18-11-19-22/h4-6,10-12H,7-9H2,1-3H3. The van der Waals surface area contributed by atoms with Gasteiger partial charge in [0.1, 0.15) is 23.4 Å². The number of aromatic nitrogens is 4. The lowest BCUT2D eigenvalue weighted by molar-refractivity contribution is 0.318. The quantitative estimate of drug-likeness (QED) is 0.660. The molecule has 0 atom stereocenters. The highest BCUT2D eigenvalue weighted by atomic mass is 32.1. The topological polar surface area (TPSA) is 56.1 Å². The van der Waals surface area contributed by atoms with Crippen molar-refractivity contribution in [1.82, 2.24) is 24.6 Å². The fraction of sp³-hybridized carbons (Fsp3) is 0.353. The molecule has 6 nitrogen and oxygen atoms in total. The molecule has 0 aliphatic rings. The largest absolute Gasteiger partial charge is 0.496 e. The first-order valence-electron chi connectivity index (χ1n) is 7.72. The zero-order chi connectivity index (χ0) is 16.9. The molecule has 0 bridgehead atoms. The molecule has 0 saturated heterocycles. The molecule has 1 aromatic carbocycles. The van der Waals surface area contributed by atoms with Gasteiger partial charge in [0, 0.05) is 23.2 Å². The zero-order valence-corrected chi connectivity index (χ0v) is 15.0. The smallest absolute Gasteiger partial charge is 0.137 e. The molecular formula is C17H21N5OS. The highest BCUT2D eigenvalue weighted by Gasteiger charge is 2.09. The molecule has 0 radical (unpaired) electrons. The van der Waals surface area contributed by atoms with E-state index in [1.165, 1.54) is 5.56 Å². The third-order valence-electron chi connectivity index (χ3n) is 3.67. The molecule has 0 aliphatic heterocycles. The van der Waals surface area contributed by atoms with Gasteiger partial charge in [0.05, 0.1) is 20.2 Å². The molecule has 2 heterocycles. The van der Waals surface area contributed by atoms with E-state index in [0.717, 1.165) is 35.1 Å². The molecule has 7 heteroatoms. The minimum atomic E-state index is 0.645. The van der Waals surface area contributed by atoms with Crippen molar-refractivity contribution in [2.24, 2.45) is 0 Å². The van der Waals surface area contributed by atoms with Crippen LogP contribution in [0, 0.1) is 6.92 Å². The maximum absolute atomic E-state index is 5.47. The van der Waals surface area contributed by atoms with E-state index >= 15 is 0 Å². The predicted molar refractivity (Wildman–Crippen MR) is 94.1 cm³/mol. The Bertz CT molecular complexity index is 784. The monoisotopic (exact) mass is 343 g/mol. The summed E-state index contributed by atoms with van der Waals surface area (Å²) in [6.45, 7) is 4.38. The van der Waals surface area contributed by atoms with Crippen molar-refractivity contribution in [3.05, 3.63) is 58.1 Å². The summed E-state index contributed by atoms with van der Waals surface area (Å²) in [5.41, 5.74) is 3.42. The van der Waals surface area contributed by atoms with Gasteiger partial charge in [-0.15, -0.1) is 11.3 Å². The lowest BCUT2D eigenvalue weighted by Crippen LogP contribution is -2.17. The Morgan fingerprint density at radius 1 is 1.29 bits per heavy atom. The fourth-order valence-corrected chi connectivity index (χ4v) is 3.47. The summed E-state index contributed by atoms with van der Waals surface area (Å²) in [6, 6.07) is 6.29.